The lowest BCUT2D eigenvalue weighted by Gasteiger charge is -2.27. The first-order valence-electron chi connectivity index (χ1n) is 10.0. The molecule has 1 aliphatic heterocycles. The van der Waals surface area contributed by atoms with Gasteiger partial charge >= 0.3 is 0 Å². The molecule has 0 aliphatic carbocycles. The van der Waals surface area contributed by atoms with E-state index in [4.69, 9.17) is 14.5 Å². The number of phenolic OH excluding ortho intramolecular Hbond substituents is 1. The van der Waals surface area contributed by atoms with Crippen LogP contribution in [0.2, 0.25) is 0 Å². The second-order valence-electron chi connectivity index (χ2n) is 7.41. The Morgan fingerprint density at radius 2 is 2.00 bits per heavy atom. The van der Waals surface area contributed by atoms with Crippen LogP contribution in [0.4, 0.5) is 0 Å². The van der Waals surface area contributed by atoms with Crippen molar-refractivity contribution in [2.24, 2.45) is 0 Å². The zero-order valence-corrected chi connectivity index (χ0v) is 17.0. The number of hydrogen-bond donors (Lipinski definition) is 1. The summed E-state index contributed by atoms with van der Waals surface area (Å²) in [5, 5.41) is 14.6. The van der Waals surface area contributed by atoms with Crippen LogP contribution in [-0.4, -0.2) is 36.8 Å². The number of benzene rings is 2. The van der Waals surface area contributed by atoms with E-state index >= 15 is 0 Å². The van der Waals surface area contributed by atoms with Crippen molar-refractivity contribution in [3.8, 4) is 34.5 Å². The van der Waals surface area contributed by atoms with Crippen LogP contribution in [0, 0.1) is 0 Å². The van der Waals surface area contributed by atoms with Gasteiger partial charge in [-0.05, 0) is 29.8 Å². The maximum atomic E-state index is 9.99. The highest BCUT2D eigenvalue weighted by atomic mass is 16.5. The minimum Gasteiger partial charge on any atom is -0.508 e. The Bertz CT molecular complexity index is 1470. The van der Waals surface area contributed by atoms with Crippen molar-refractivity contribution < 1.29 is 14.6 Å². The van der Waals surface area contributed by atoms with Crippen molar-refractivity contribution in [1.29, 1.82) is 0 Å². The number of aromatic hydroxyl groups is 1. The molecule has 1 atom stereocenters. The molecule has 3 aromatic heterocycles. The summed E-state index contributed by atoms with van der Waals surface area (Å²) < 4.78 is 13.2. The number of rotatable bonds is 3. The number of hydrogen-bond acceptors (Lipinski definition) is 7. The Kier molecular flexibility index (Phi) is 4.04. The van der Waals surface area contributed by atoms with Crippen LogP contribution in [0.25, 0.3) is 17.0 Å². The maximum absolute atomic E-state index is 9.99. The van der Waals surface area contributed by atoms with Crippen molar-refractivity contribution in [1.82, 2.24) is 24.6 Å². The van der Waals surface area contributed by atoms with Crippen LogP contribution >= 0.6 is 0 Å². The molecule has 8 heteroatoms. The molecular formula is C24H17N5O3. The SMILES string of the molecule is COc1ccccc1-c1nc2c3c(ncn2n1)Oc1cc(O)ccc1C3c1cccnc1. The summed E-state index contributed by atoms with van der Waals surface area (Å²) in [5.41, 5.74) is 4.05. The van der Waals surface area contributed by atoms with Gasteiger partial charge in [0.25, 0.3) is 0 Å². The molecule has 1 unspecified atom stereocenters. The molecule has 4 heterocycles. The monoisotopic (exact) mass is 423 g/mol. The molecule has 156 valence electrons. The first-order valence-corrected chi connectivity index (χ1v) is 10.0. The van der Waals surface area contributed by atoms with Gasteiger partial charge in [0.15, 0.2) is 11.5 Å². The van der Waals surface area contributed by atoms with Crippen molar-refractivity contribution >= 4 is 5.65 Å². The van der Waals surface area contributed by atoms with E-state index in [1.54, 1.807) is 36.3 Å². The lowest BCUT2D eigenvalue weighted by atomic mass is 9.84. The van der Waals surface area contributed by atoms with Crippen molar-refractivity contribution in [2.45, 2.75) is 5.92 Å². The highest BCUT2D eigenvalue weighted by Gasteiger charge is 2.33. The Morgan fingerprint density at radius 1 is 1.09 bits per heavy atom. The summed E-state index contributed by atoms with van der Waals surface area (Å²) in [7, 11) is 1.62. The van der Waals surface area contributed by atoms with Crippen LogP contribution in [0.15, 0.2) is 73.3 Å². The Balaban J connectivity index is 1.62. The van der Waals surface area contributed by atoms with Gasteiger partial charge in [0.2, 0.25) is 5.88 Å². The molecule has 0 bridgehead atoms. The smallest absolute Gasteiger partial charge is 0.228 e. The number of ether oxygens (including phenoxy) is 2. The zero-order chi connectivity index (χ0) is 21.7. The highest BCUT2D eigenvalue weighted by molar-refractivity contribution is 5.70. The van der Waals surface area contributed by atoms with Gasteiger partial charge in [0.05, 0.1) is 18.2 Å². The molecule has 8 nitrogen and oxygen atoms in total. The number of pyridine rings is 1. The molecular weight excluding hydrogens is 406 g/mol. The summed E-state index contributed by atoms with van der Waals surface area (Å²) >= 11 is 0. The first kappa shape index (κ1) is 18.3. The molecule has 0 saturated heterocycles. The molecule has 0 radical (unpaired) electrons. The van der Waals surface area contributed by atoms with Crippen LogP contribution in [0.1, 0.15) is 22.6 Å². The average molecular weight is 423 g/mol. The van der Waals surface area contributed by atoms with E-state index in [0.717, 1.165) is 22.3 Å². The largest absolute Gasteiger partial charge is 0.508 e. The first-order chi connectivity index (χ1) is 15.7. The van der Waals surface area contributed by atoms with E-state index in [1.807, 2.05) is 48.7 Å². The maximum Gasteiger partial charge on any atom is 0.228 e. The van der Waals surface area contributed by atoms with Crippen molar-refractivity contribution in [3.63, 3.8) is 0 Å². The van der Waals surface area contributed by atoms with E-state index < -0.39 is 0 Å². The molecule has 5 aromatic rings. The van der Waals surface area contributed by atoms with Gasteiger partial charge < -0.3 is 14.6 Å². The van der Waals surface area contributed by atoms with Gasteiger partial charge in [0.1, 0.15) is 23.6 Å². The predicted octanol–water partition coefficient (Wildman–Crippen LogP) is 4.19. The van der Waals surface area contributed by atoms with E-state index in [-0.39, 0.29) is 11.7 Å². The van der Waals surface area contributed by atoms with Gasteiger partial charge in [-0.25, -0.2) is 14.5 Å². The standard InChI is InChI=1S/C24H17N5O3/c1-31-18-7-3-2-6-17(18)22-27-23-21-20(14-5-4-10-25-12-14)16-9-8-15(30)11-19(16)32-24(21)26-13-29(23)28-22/h2-13,20,30H,1H3. The van der Waals surface area contributed by atoms with Crippen molar-refractivity contribution in [2.75, 3.05) is 7.11 Å². The molecule has 1 aliphatic rings. The lowest BCUT2D eigenvalue weighted by Crippen LogP contribution is -2.15. The fourth-order valence-corrected chi connectivity index (χ4v) is 4.14. The summed E-state index contributed by atoms with van der Waals surface area (Å²) in [5.74, 6) is 2.06. The van der Waals surface area contributed by atoms with Gasteiger partial charge in [0, 0.05) is 29.9 Å². The van der Waals surface area contributed by atoms with Crippen LogP contribution in [0.5, 0.6) is 23.1 Å². The fourth-order valence-electron chi connectivity index (χ4n) is 4.14. The summed E-state index contributed by atoms with van der Waals surface area (Å²) in [6.45, 7) is 0. The van der Waals surface area contributed by atoms with Crippen LogP contribution < -0.4 is 9.47 Å². The molecule has 32 heavy (non-hydrogen) atoms. The third kappa shape index (κ3) is 2.77. The van der Waals surface area contributed by atoms with E-state index in [2.05, 4.69) is 15.1 Å². The van der Waals surface area contributed by atoms with E-state index in [1.165, 1.54) is 0 Å². The molecule has 0 spiro atoms. The summed E-state index contributed by atoms with van der Waals surface area (Å²) in [6, 6.07) is 16.6. The minimum absolute atomic E-state index is 0.124. The Labute approximate surface area is 182 Å². The van der Waals surface area contributed by atoms with Gasteiger partial charge in [-0.2, -0.15) is 0 Å². The average Bonchev–Trinajstić information content (AvgIpc) is 3.27. The van der Waals surface area contributed by atoms with E-state index in [0.29, 0.717) is 28.9 Å². The third-order valence-electron chi connectivity index (χ3n) is 5.56. The Hall–Kier alpha value is -4.46. The quantitative estimate of drug-likeness (QED) is 0.456. The number of fused-ring (bicyclic) bond motifs is 4. The number of phenols is 1. The molecule has 0 amide bonds. The second kappa shape index (κ2) is 7.05. The van der Waals surface area contributed by atoms with Gasteiger partial charge in [-0.1, -0.05) is 24.3 Å². The lowest BCUT2D eigenvalue weighted by molar-refractivity contribution is 0.416. The second-order valence-corrected chi connectivity index (χ2v) is 7.41. The summed E-state index contributed by atoms with van der Waals surface area (Å²) in [4.78, 5) is 13.7. The number of methoxy groups -OCH3 is 1. The van der Waals surface area contributed by atoms with E-state index in [9.17, 15) is 5.11 Å². The number of para-hydroxylation sites is 1. The van der Waals surface area contributed by atoms with Crippen LogP contribution in [-0.2, 0) is 0 Å². The number of aromatic nitrogens is 5. The number of nitrogens with zero attached hydrogens (tertiary/aromatic N) is 5. The van der Waals surface area contributed by atoms with Gasteiger partial charge in [-0.15, -0.1) is 5.10 Å². The Morgan fingerprint density at radius 3 is 2.84 bits per heavy atom. The molecule has 0 fully saturated rings. The fraction of sp³-hybridized carbons (Fsp3) is 0.0833. The zero-order valence-electron chi connectivity index (χ0n) is 17.0. The normalized spacial score (nSPS) is 14.5. The van der Waals surface area contributed by atoms with Gasteiger partial charge in [-0.3, -0.25) is 4.98 Å². The summed E-state index contributed by atoms with van der Waals surface area (Å²) in [6.07, 6.45) is 5.13. The molecule has 6 rings (SSSR count). The van der Waals surface area contributed by atoms with Crippen molar-refractivity contribution in [3.05, 3.63) is 90.0 Å². The van der Waals surface area contributed by atoms with Crippen LogP contribution in [0.3, 0.4) is 0 Å². The topological polar surface area (TPSA) is 94.7 Å². The highest BCUT2D eigenvalue weighted by Crippen LogP contribution is 2.48. The molecule has 2 aromatic carbocycles. The predicted molar refractivity (Wildman–Crippen MR) is 116 cm³/mol. The molecule has 1 N–H and O–H groups in total. The third-order valence-corrected chi connectivity index (χ3v) is 5.56. The molecule has 0 saturated carbocycles. The minimum atomic E-state index is -0.242.